The van der Waals surface area contributed by atoms with Crippen LogP contribution in [-0.2, 0) is 6.54 Å². The molecule has 0 amide bonds. The fourth-order valence-corrected chi connectivity index (χ4v) is 1.17. The molecule has 0 saturated carbocycles. The van der Waals surface area contributed by atoms with Crippen LogP contribution in [0.4, 0.5) is 0 Å². The van der Waals surface area contributed by atoms with Gasteiger partial charge in [0.05, 0.1) is 12.8 Å². The summed E-state index contributed by atoms with van der Waals surface area (Å²) in [7, 11) is 0. The van der Waals surface area contributed by atoms with Crippen LogP contribution >= 0.6 is 11.9 Å². The Morgan fingerprint density at radius 2 is 2.55 bits per heavy atom. The fraction of sp³-hybridized carbons (Fsp3) is 0.429. The number of hydrogen-bond acceptors (Lipinski definition) is 4. The Hall–Kier alpha value is -0.450. The first kappa shape index (κ1) is 8.64. The van der Waals surface area contributed by atoms with E-state index in [4.69, 9.17) is 10.2 Å². The summed E-state index contributed by atoms with van der Waals surface area (Å²) in [5.41, 5.74) is 5.30. The summed E-state index contributed by atoms with van der Waals surface area (Å²) in [6.07, 6.45) is 1.67. The molecule has 0 aliphatic heterocycles. The lowest BCUT2D eigenvalue weighted by molar-refractivity contribution is 0.507. The summed E-state index contributed by atoms with van der Waals surface area (Å²) >= 11 is 1.62. The predicted octanol–water partition coefficient (Wildman–Crippen LogP) is 0.976. The smallest absolute Gasteiger partial charge is 0.118 e. The molecule has 1 heterocycles. The van der Waals surface area contributed by atoms with Gasteiger partial charge >= 0.3 is 0 Å². The van der Waals surface area contributed by atoms with Gasteiger partial charge in [-0.15, -0.1) is 0 Å². The quantitative estimate of drug-likeness (QED) is 0.513. The molecule has 0 radical (unpaired) electrons. The summed E-state index contributed by atoms with van der Waals surface area (Å²) in [4.78, 5) is 0. The minimum absolute atomic E-state index is 0.704. The first-order chi connectivity index (χ1) is 5.43. The van der Waals surface area contributed by atoms with Gasteiger partial charge in [0.25, 0.3) is 0 Å². The summed E-state index contributed by atoms with van der Waals surface area (Å²) < 4.78 is 8.24. The molecule has 0 aromatic carbocycles. The molecule has 0 fully saturated rings. The summed E-state index contributed by atoms with van der Waals surface area (Å²) in [6, 6.07) is 3.82. The van der Waals surface area contributed by atoms with Gasteiger partial charge in [-0.3, -0.25) is 4.72 Å². The van der Waals surface area contributed by atoms with Crippen LogP contribution in [0.25, 0.3) is 0 Å². The molecule has 0 unspecified atom stereocenters. The second kappa shape index (κ2) is 5.23. The van der Waals surface area contributed by atoms with Gasteiger partial charge in [0, 0.05) is 12.3 Å². The van der Waals surface area contributed by atoms with E-state index in [1.54, 1.807) is 18.2 Å². The molecule has 0 bridgehead atoms. The van der Waals surface area contributed by atoms with Gasteiger partial charge < -0.3 is 10.2 Å². The molecule has 62 valence electrons. The van der Waals surface area contributed by atoms with Gasteiger partial charge in [0.1, 0.15) is 5.76 Å². The van der Waals surface area contributed by atoms with Crippen LogP contribution in [-0.4, -0.2) is 12.3 Å². The maximum Gasteiger partial charge on any atom is 0.118 e. The van der Waals surface area contributed by atoms with Crippen molar-refractivity contribution in [3.8, 4) is 0 Å². The van der Waals surface area contributed by atoms with E-state index >= 15 is 0 Å². The van der Waals surface area contributed by atoms with E-state index in [0.29, 0.717) is 6.54 Å². The van der Waals surface area contributed by atoms with Gasteiger partial charge in [-0.1, -0.05) is 11.9 Å². The van der Waals surface area contributed by atoms with E-state index in [2.05, 4.69) is 4.72 Å². The maximum atomic E-state index is 5.30. The third-order valence-corrected chi connectivity index (χ3v) is 1.94. The Kier molecular flexibility index (Phi) is 4.11. The van der Waals surface area contributed by atoms with Crippen molar-refractivity contribution >= 4 is 11.9 Å². The van der Waals surface area contributed by atoms with Gasteiger partial charge in [-0.2, -0.15) is 0 Å². The van der Waals surface area contributed by atoms with Crippen LogP contribution in [0.3, 0.4) is 0 Å². The molecule has 1 rings (SSSR count). The number of rotatable bonds is 5. The summed E-state index contributed by atoms with van der Waals surface area (Å²) in [5, 5.41) is 0. The fourth-order valence-electron chi connectivity index (χ4n) is 0.666. The van der Waals surface area contributed by atoms with Crippen molar-refractivity contribution in [3.05, 3.63) is 24.2 Å². The van der Waals surface area contributed by atoms with E-state index in [0.717, 1.165) is 18.1 Å². The lowest BCUT2D eigenvalue weighted by atomic mass is 10.5. The van der Waals surface area contributed by atoms with E-state index in [1.165, 1.54) is 0 Å². The normalized spacial score (nSPS) is 10.3. The van der Waals surface area contributed by atoms with Crippen LogP contribution in [0.2, 0.25) is 0 Å². The minimum atomic E-state index is 0.704. The predicted molar refractivity (Wildman–Crippen MR) is 47.1 cm³/mol. The first-order valence-electron chi connectivity index (χ1n) is 3.50. The van der Waals surface area contributed by atoms with Crippen molar-refractivity contribution in [2.24, 2.45) is 5.73 Å². The lowest BCUT2D eigenvalue weighted by Crippen LogP contribution is -2.08. The SMILES string of the molecule is NCCSNCc1ccco1. The van der Waals surface area contributed by atoms with Crippen molar-refractivity contribution in [1.29, 1.82) is 0 Å². The van der Waals surface area contributed by atoms with Crippen LogP contribution in [0.15, 0.2) is 22.8 Å². The van der Waals surface area contributed by atoms with Gasteiger partial charge in [0.15, 0.2) is 0 Å². The Morgan fingerprint density at radius 3 is 3.18 bits per heavy atom. The molecule has 1 aromatic heterocycles. The second-order valence-electron chi connectivity index (χ2n) is 2.04. The molecular weight excluding hydrogens is 160 g/mol. The average molecular weight is 172 g/mol. The summed E-state index contributed by atoms with van der Waals surface area (Å²) in [5.74, 6) is 1.88. The average Bonchev–Trinajstić information content (AvgIpc) is 2.50. The largest absolute Gasteiger partial charge is 0.468 e. The Labute approximate surface area is 70.5 Å². The molecule has 3 nitrogen and oxygen atoms in total. The molecular formula is C7H12N2OS. The molecule has 4 heteroatoms. The molecule has 0 spiro atoms. The zero-order chi connectivity index (χ0) is 7.94. The van der Waals surface area contributed by atoms with Crippen molar-refractivity contribution < 1.29 is 4.42 Å². The van der Waals surface area contributed by atoms with E-state index < -0.39 is 0 Å². The van der Waals surface area contributed by atoms with Crippen molar-refractivity contribution in [3.63, 3.8) is 0 Å². The zero-order valence-corrected chi connectivity index (χ0v) is 7.06. The number of hydrogen-bond donors (Lipinski definition) is 2. The Morgan fingerprint density at radius 1 is 1.64 bits per heavy atom. The highest BCUT2D eigenvalue weighted by molar-refractivity contribution is 7.97. The maximum absolute atomic E-state index is 5.30. The number of nitrogens with one attached hydrogen (secondary N) is 1. The van der Waals surface area contributed by atoms with E-state index in [1.807, 2.05) is 12.1 Å². The second-order valence-corrected chi connectivity index (χ2v) is 3.02. The third-order valence-electron chi connectivity index (χ3n) is 1.15. The summed E-state index contributed by atoms with van der Waals surface area (Å²) in [6.45, 7) is 1.47. The molecule has 11 heavy (non-hydrogen) atoms. The molecule has 0 aliphatic carbocycles. The first-order valence-corrected chi connectivity index (χ1v) is 4.49. The zero-order valence-electron chi connectivity index (χ0n) is 6.25. The van der Waals surface area contributed by atoms with E-state index in [9.17, 15) is 0 Å². The molecule has 3 N–H and O–H groups in total. The standard InChI is InChI=1S/C7H12N2OS/c8-3-5-11-9-6-7-2-1-4-10-7/h1-2,4,9H,3,5-6,8H2. The monoisotopic (exact) mass is 172 g/mol. The van der Waals surface area contributed by atoms with Gasteiger partial charge in [-0.05, 0) is 12.1 Å². The van der Waals surface area contributed by atoms with Crippen LogP contribution in [0.1, 0.15) is 5.76 Å². The van der Waals surface area contributed by atoms with Crippen LogP contribution < -0.4 is 10.5 Å². The number of furan rings is 1. The molecule has 0 atom stereocenters. The molecule has 0 saturated heterocycles. The lowest BCUT2D eigenvalue weighted by Gasteiger charge is -1.98. The van der Waals surface area contributed by atoms with Crippen LogP contribution in [0, 0.1) is 0 Å². The van der Waals surface area contributed by atoms with E-state index in [-0.39, 0.29) is 0 Å². The topological polar surface area (TPSA) is 51.2 Å². The molecule has 0 aliphatic rings. The van der Waals surface area contributed by atoms with Crippen molar-refractivity contribution in [2.45, 2.75) is 6.54 Å². The van der Waals surface area contributed by atoms with Gasteiger partial charge in [-0.25, -0.2) is 0 Å². The van der Waals surface area contributed by atoms with Crippen LogP contribution in [0.5, 0.6) is 0 Å². The Balaban J connectivity index is 2.04. The Bertz CT molecular complexity index is 177. The van der Waals surface area contributed by atoms with Crippen molar-refractivity contribution in [2.75, 3.05) is 12.3 Å². The number of nitrogens with two attached hydrogens (primary N) is 1. The molecule has 1 aromatic rings. The van der Waals surface area contributed by atoms with Gasteiger partial charge in [0.2, 0.25) is 0 Å². The minimum Gasteiger partial charge on any atom is -0.468 e. The third kappa shape index (κ3) is 3.46. The highest BCUT2D eigenvalue weighted by Gasteiger charge is 1.92. The highest BCUT2D eigenvalue weighted by Crippen LogP contribution is 2.01. The highest BCUT2D eigenvalue weighted by atomic mass is 32.2. The van der Waals surface area contributed by atoms with Crippen molar-refractivity contribution in [1.82, 2.24) is 4.72 Å².